The van der Waals surface area contributed by atoms with Crippen LogP contribution in [-0.2, 0) is 16.8 Å². The van der Waals surface area contributed by atoms with E-state index >= 15 is 0 Å². The van der Waals surface area contributed by atoms with Gasteiger partial charge in [-0.3, -0.25) is 0 Å². The summed E-state index contributed by atoms with van der Waals surface area (Å²) >= 11 is 0. The lowest BCUT2D eigenvalue weighted by Crippen LogP contribution is -2.08. The van der Waals surface area contributed by atoms with E-state index in [4.69, 9.17) is 4.18 Å². The van der Waals surface area contributed by atoms with Gasteiger partial charge in [-0.25, -0.2) is 0 Å². The zero-order valence-corrected chi connectivity index (χ0v) is 9.21. The topological polar surface area (TPSA) is 52.6 Å². The second-order valence-electron chi connectivity index (χ2n) is 3.42. The maximum absolute atomic E-state index is 11.1. The summed E-state index contributed by atoms with van der Waals surface area (Å²) in [4.78, 5) is 0. The van der Waals surface area contributed by atoms with Crippen molar-refractivity contribution in [3.05, 3.63) is 23.8 Å². The second kappa shape index (κ2) is 3.73. The van der Waals surface area contributed by atoms with E-state index in [1.165, 1.54) is 0 Å². The van der Waals surface area contributed by atoms with Crippen molar-refractivity contribution in [1.29, 1.82) is 0 Å². The number of benzene rings is 1. The van der Waals surface area contributed by atoms with Gasteiger partial charge in [-0.2, -0.15) is 0 Å². The summed E-state index contributed by atoms with van der Waals surface area (Å²) in [6.45, 7) is 2.08. The molecule has 1 aromatic carbocycles. The summed E-state index contributed by atoms with van der Waals surface area (Å²) in [5.74, 6) is 0.648. The molecule has 5 heteroatoms. The first-order valence-corrected chi connectivity index (χ1v) is 6.21. The normalized spacial score (nSPS) is 16.6. The molecule has 4 nitrogen and oxygen atoms in total. The fraction of sp³-hybridized carbons (Fsp3) is 0.400. The molecule has 1 aromatic rings. The summed E-state index contributed by atoms with van der Waals surface area (Å²) < 4.78 is 31.6. The van der Waals surface area contributed by atoms with E-state index in [0.717, 1.165) is 24.8 Å². The Morgan fingerprint density at radius 3 is 2.80 bits per heavy atom. The molecule has 15 heavy (non-hydrogen) atoms. The van der Waals surface area contributed by atoms with Crippen LogP contribution in [0.15, 0.2) is 18.2 Å². The predicted octanol–water partition coefficient (Wildman–Crippen LogP) is 2.05. The third kappa shape index (κ3) is 2.07. The molecular formula is C10H12O4S. The van der Waals surface area contributed by atoms with Gasteiger partial charge in [-0.1, -0.05) is 25.5 Å². The van der Waals surface area contributed by atoms with Crippen molar-refractivity contribution in [2.24, 2.45) is 0 Å². The minimum absolute atomic E-state index is 0.295. The molecule has 1 aliphatic rings. The lowest BCUT2D eigenvalue weighted by molar-refractivity contribution is 0.435. The SMILES string of the molecule is CCCCc1cccc2c1OS(=O)(=O)O2. The molecule has 82 valence electrons. The van der Waals surface area contributed by atoms with Crippen LogP contribution >= 0.6 is 0 Å². The highest BCUT2D eigenvalue weighted by Crippen LogP contribution is 2.39. The highest BCUT2D eigenvalue weighted by molar-refractivity contribution is 7.82. The number of hydrogen-bond acceptors (Lipinski definition) is 4. The molecule has 2 rings (SSSR count). The molecule has 0 bridgehead atoms. The third-order valence-corrected chi connectivity index (χ3v) is 2.99. The van der Waals surface area contributed by atoms with Crippen molar-refractivity contribution < 1.29 is 16.8 Å². The Hall–Kier alpha value is -1.23. The molecule has 0 saturated heterocycles. The van der Waals surface area contributed by atoms with Gasteiger partial charge >= 0.3 is 10.4 Å². The zero-order valence-electron chi connectivity index (χ0n) is 8.39. The standard InChI is InChI=1S/C10H12O4S/c1-2-3-5-8-6-4-7-9-10(8)14-15(11,12)13-9/h4,6-7H,2-3,5H2,1H3. The highest BCUT2D eigenvalue weighted by Gasteiger charge is 2.30. The Morgan fingerprint density at radius 1 is 1.27 bits per heavy atom. The number of rotatable bonds is 3. The summed E-state index contributed by atoms with van der Waals surface area (Å²) in [7, 11) is -3.85. The molecule has 0 aromatic heterocycles. The van der Waals surface area contributed by atoms with Crippen LogP contribution in [0.2, 0.25) is 0 Å². The Kier molecular flexibility index (Phi) is 2.56. The van der Waals surface area contributed by atoms with E-state index < -0.39 is 10.4 Å². The first kappa shape index (κ1) is 10.3. The second-order valence-corrected chi connectivity index (χ2v) is 4.57. The largest absolute Gasteiger partial charge is 0.501 e. The van der Waals surface area contributed by atoms with Crippen LogP contribution in [0, 0.1) is 0 Å². The maximum Gasteiger partial charge on any atom is 0.501 e. The van der Waals surface area contributed by atoms with Gasteiger partial charge in [-0.15, -0.1) is 8.42 Å². The van der Waals surface area contributed by atoms with Crippen LogP contribution in [0.25, 0.3) is 0 Å². The van der Waals surface area contributed by atoms with Gasteiger partial charge in [0.25, 0.3) is 0 Å². The summed E-state index contributed by atoms with van der Waals surface area (Å²) in [6.07, 6.45) is 2.86. The van der Waals surface area contributed by atoms with Gasteiger partial charge < -0.3 is 8.37 Å². The number of para-hydroxylation sites is 1. The molecule has 0 spiro atoms. The van der Waals surface area contributed by atoms with E-state index in [1.807, 2.05) is 6.07 Å². The van der Waals surface area contributed by atoms with Crippen molar-refractivity contribution >= 4 is 10.4 Å². The number of hydrogen-bond donors (Lipinski definition) is 0. The summed E-state index contributed by atoms with van der Waals surface area (Å²) in [6, 6.07) is 5.22. The number of unbranched alkanes of at least 4 members (excludes halogenated alkanes) is 1. The van der Waals surface area contributed by atoms with Crippen molar-refractivity contribution in [3.63, 3.8) is 0 Å². The fourth-order valence-corrected chi connectivity index (χ4v) is 2.29. The van der Waals surface area contributed by atoms with Gasteiger partial charge in [0.05, 0.1) is 0 Å². The molecule has 0 aliphatic carbocycles. The Labute approximate surface area is 89.2 Å². The average molecular weight is 228 g/mol. The van der Waals surface area contributed by atoms with Crippen molar-refractivity contribution in [2.45, 2.75) is 26.2 Å². The van der Waals surface area contributed by atoms with Gasteiger partial charge in [0.15, 0.2) is 11.5 Å². The average Bonchev–Trinajstić information content (AvgIpc) is 2.49. The fourth-order valence-electron chi connectivity index (χ4n) is 1.51. The molecule has 0 atom stereocenters. The van der Waals surface area contributed by atoms with Gasteiger partial charge in [-0.05, 0) is 24.5 Å². The van der Waals surface area contributed by atoms with E-state index in [1.54, 1.807) is 12.1 Å². The maximum atomic E-state index is 11.1. The molecule has 0 amide bonds. The van der Waals surface area contributed by atoms with Crippen LogP contribution in [-0.4, -0.2) is 8.42 Å². The molecule has 0 radical (unpaired) electrons. The smallest absolute Gasteiger partial charge is 0.349 e. The van der Waals surface area contributed by atoms with E-state index in [-0.39, 0.29) is 0 Å². The molecule has 0 saturated carbocycles. The van der Waals surface area contributed by atoms with Gasteiger partial charge in [0.1, 0.15) is 0 Å². The Balaban J connectivity index is 2.33. The molecule has 0 fully saturated rings. The quantitative estimate of drug-likeness (QED) is 0.794. The van der Waals surface area contributed by atoms with Crippen molar-refractivity contribution in [1.82, 2.24) is 0 Å². The van der Waals surface area contributed by atoms with Gasteiger partial charge in [0.2, 0.25) is 0 Å². The van der Waals surface area contributed by atoms with Crippen LogP contribution in [0.1, 0.15) is 25.3 Å². The lowest BCUT2D eigenvalue weighted by atomic mass is 10.1. The van der Waals surface area contributed by atoms with Crippen LogP contribution < -0.4 is 8.37 Å². The molecular weight excluding hydrogens is 216 g/mol. The predicted molar refractivity (Wildman–Crippen MR) is 55.2 cm³/mol. The van der Waals surface area contributed by atoms with E-state index in [9.17, 15) is 8.42 Å². The summed E-state index contributed by atoms with van der Waals surface area (Å²) in [5, 5.41) is 0. The van der Waals surface area contributed by atoms with E-state index in [0.29, 0.717) is 11.5 Å². The minimum atomic E-state index is -3.85. The van der Waals surface area contributed by atoms with Crippen LogP contribution in [0.4, 0.5) is 0 Å². The van der Waals surface area contributed by atoms with Gasteiger partial charge in [0, 0.05) is 0 Å². The summed E-state index contributed by atoms with van der Waals surface area (Å²) in [5.41, 5.74) is 0.885. The highest BCUT2D eigenvalue weighted by atomic mass is 32.3. The van der Waals surface area contributed by atoms with E-state index in [2.05, 4.69) is 11.1 Å². The first-order valence-electron chi connectivity index (χ1n) is 4.88. The minimum Gasteiger partial charge on any atom is -0.349 e. The molecule has 0 N–H and O–H groups in total. The lowest BCUT2D eigenvalue weighted by Gasteiger charge is -2.02. The number of aryl methyl sites for hydroxylation is 1. The number of fused-ring (bicyclic) bond motifs is 1. The first-order chi connectivity index (χ1) is 7.12. The monoisotopic (exact) mass is 228 g/mol. The molecule has 0 unspecified atom stereocenters. The Bertz CT molecular complexity index is 464. The van der Waals surface area contributed by atoms with Crippen molar-refractivity contribution in [3.8, 4) is 11.5 Å². The molecule has 1 heterocycles. The molecule has 1 aliphatic heterocycles. The van der Waals surface area contributed by atoms with Crippen LogP contribution in [0.3, 0.4) is 0 Å². The van der Waals surface area contributed by atoms with Crippen LogP contribution in [0.5, 0.6) is 11.5 Å². The third-order valence-electron chi connectivity index (χ3n) is 2.24. The zero-order chi connectivity index (χ0) is 10.9. The Morgan fingerprint density at radius 2 is 2.07 bits per heavy atom. The van der Waals surface area contributed by atoms with Crippen molar-refractivity contribution in [2.75, 3.05) is 0 Å².